The summed E-state index contributed by atoms with van der Waals surface area (Å²) in [5.74, 6) is -0.299. The number of carbonyl (C=O) groups is 1. The molecule has 0 bridgehead atoms. The van der Waals surface area contributed by atoms with Gasteiger partial charge in [0.15, 0.2) is 0 Å². The molecular formula is C17H21FN2O2. The molecule has 5 heteroatoms. The summed E-state index contributed by atoms with van der Waals surface area (Å²) in [4.78, 5) is 15.2. The number of hydrogen-bond acceptors (Lipinski definition) is 2. The number of halogens is 1. The van der Waals surface area contributed by atoms with E-state index in [0.717, 1.165) is 11.1 Å². The number of hydrogen-bond donors (Lipinski definition) is 3. The van der Waals surface area contributed by atoms with Crippen LogP contribution in [0, 0.1) is 11.7 Å². The first kappa shape index (κ1) is 16.2. The number of rotatable bonds is 6. The van der Waals surface area contributed by atoms with E-state index in [-0.39, 0.29) is 23.7 Å². The highest BCUT2D eigenvalue weighted by Crippen LogP contribution is 2.23. The average molecular weight is 304 g/mol. The van der Waals surface area contributed by atoms with Gasteiger partial charge in [-0.2, -0.15) is 0 Å². The summed E-state index contributed by atoms with van der Waals surface area (Å²) in [7, 11) is 0. The van der Waals surface area contributed by atoms with Crippen LogP contribution >= 0.6 is 0 Å². The van der Waals surface area contributed by atoms with Crippen molar-refractivity contribution in [3.63, 3.8) is 0 Å². The van der Waals surface area contributed by atoms with E-state index >= 15 is 0 Å². The van der Waals surface area contributed by atoms with Gasteiger partial charge in [0.25, 0.3) is 5.91 Å². The van der Waals surface area contributed by atoms with E-state index in [9.17, 15) is 14.3 Å². The second-order valence-electron chi connectivity index (χ2n) is 5.69. The number of benzene rings is 1. The van der Waals surface area contributed by atoms with Crippen molar-refractivity contribution in [2.75, 3.05) is 6.54 Å². The maximum Gasteiger partial charge on any atom is 0.253 e. The van der Waals surface area contributed by atoms with Crippen LogP contribution in [0.4, 0.5) is 4.39 Å². The van der Waals surface area contributed by atoms with E-state index in [4.69, 9.17) is 0 Å². The number of carbonyl (C=O) groups excluding carboxylic acids is 1. The molecule has 0 spiro atoms. The largest absolute Gasteiger partial charge is 0.393 e. The van der Waals surface area contributed by atoms with Crippen LogP contribution in [0.15, 0.2) is 36.7 Å². The van der Waals surface area contributed by atoms with Crippen LogP contribution in [0.2, 0.25) is 0 Å². The number of H-pyrrole nitrogens is 1. The number of aliphatic hydroxyl groups is 1. The third-order valence-electron chi connectivity index (χ3n) is 3.50. The Morgan fingerprint density at radius 1 is 1.27 bits per heavy atom. The van der Waals surface area contributed by atoms with Gasteiger partial charge in [-0.15, -0.1) is 0 Å². The Morgan fingerprint density at radius 2 is 1.95 bits per heavy atom. The molecule has 2 unspecified atom stereocenters. The highest BCUT2D eigenvalue weighted by Gasteiger charge is 2.15. The molecule has 22 heavy (non-hydrogen) atoms. The van der Waals surface area contributed by atoms with Crippen LogP contribution in [0.5, 0.6) is 0 Å². The van der Waals surface area contributed by atoms with Crippen LogP contribution in [-0.4, -0.2) is 28.6 Å². The number of aliphatic hydroxyl groups excluding tert-OH is 1. The minimum Gasteiger partial charge on any atom is -0.393 e. The Kier molecular flexibility index (Phi) is 5.33. The SMILES string of the molecule is CC(O)CC(C)CNC(=O)c1c[nH]cc1-c1ccc(F)cc1. The first-order chi connectivity index (χ1) is 10.5. The normalized spacial score (nSPS) is 13.6. The van der Waals surface area contributed by atoms with Crippen molar-refractivity contribution in [1.29, 1.82) is 0 Å². The lowest BCUT2D eigenvalue weighted by atomic mass is 10.0. The number of aromatic amines is 1. The predicted molar refractivity (Wildman–Crippen MR) is 84.0 cm³/mol. The quantitative estimate of drug-likeness (QED) is 0.768. The Morgan fingerprint density at radius 3 is 2.59 bits per heavy atom. The van der Waals surface area contributed by atoms with Crippen LogP contribution in [-0.2, 0) is 0 Å². The zero-order valence-electron chi connectivity index (χ0n) is 12.8. The van der Waals surface area contributed by atoms with E-state index in [1.54, 1.807) is 31.5 Å². The van der Waals surface area contributed by atoms with Gasteiger partial charge in [-0.3, -0.25) is 4.79 Å². The van der Waals surface area contributed by atoms with Crippen molar-refractivity contribution in [2.24, 2.45) is 5.92 Å². The van der Waals surface area contributed by atoms with E-state index in [0.29, 0.717) is 18.5 Å². The fourth-order valence-electron chi connectivity index (χ4n) is 2.45. The standard InChI is InChI=1S/C17H21FN2O2/c1-11(7-12(2)21)8-20-17(22)16-10-19-9-15(16)13-3-5-14(18)6-4-13/h3-6,9-12,19,21H,7-8H2,1-2H3,(H,20,22). The molecule has 1 aromatic carbocycles. The Hall–Kier alpha value is -2.14. The Bertz CT molecular complexity index is 620. The van der Waals surface area contributed by atoms with Gasteiger partial charge in [0, 0.05) is 24.5 Å². The van der Waals surface area contributed by atoms with Crippen molar-refractivity contribution >= 4 is 5.91 Å². The van der Waals surface area contributed by atoms with Gasteiger partial charge < -0.3 is 15.4 Å². The topological polar surface area (TPSA) is 65.1 Å². The lowest BCUT2D eigenvalue weighted by Gasteiger charge is -2.14. The molecular weight excluding hydrogens is 283 g/mol. The monoisotopic (exact) mass is 304 g/mol. The van der Waals surface area contributed by atoms with Crippen molar-refractivity contribution in [3.05, 3.63) is 48.0 Å². The molecule has 3 N–H and O–H groups in total. The Balaban J connectivity index is 2.05. The minimum absolute atomic E-state index is 0.182. The Labute approximate surface area is 129 Å². The first-order valence-electron chi connectivity index (χ1n) is 7.36. The second-order valence-corrected chi connectivity index (χ2v) is 5.69. The molecule has 2 aromatic rings. The molecule has 0 aliphatic carbocycles. The molecule has 0 aliphatic heterocycles. The van der Waals surface area contributed by atoms with Crippen molar-refractivity contribution < 1.29 is 14.3 Å². The molecule has 1 aromatic heterocycles. The molecule has 0 fully saturated rings. The van der Waals surface area contributed by atoms with Crippen LogP contribution in [0.3, 0.4) is 0 Å². The number of nitrogens with one attached hydrogen (secondary N) is 2. The number of amides is 1. The molecule has 1 heterocycles. The average Bonchev–Trinajstić information content (AvgIpc) is 2.94. The molecule has 0 saturated heterocycles. The number of aromatic nitrogens is 1. The van der Waals surface area contributed by atoms with E-state index in [1.165, 1.54) is 12.1 Å². The molecule has 118 valence electrons. The fraction of sp³-hybridized carbons (Fsp3) is 0.353. The van der Waals surface area contributed by atoms with Crippen LogP contribution < -0.4 is 5.32 Å². The molecule has 2 rings (SSSR count). The minimum atomic E-state index is -0.381. The van der Waals surface area contributed by atoms with Gasteiger partial charge in [-0.25, -0.2) is 4.39 Å². The van der Waals surface area contributed by atoms with Gasteiger partial charge in [0.2, 0.25) is 0 Å². The molecule has 4 nitrogen and oxygen atoms in total. The van der Waals surface area contributed by atoms with Gasteiger partial charge in [-0.05, 0) is 37.0 Å². The van der Waals surface area contributed by atoms with Gasteiger partial charge in [-0.1, -0.05) is 19.1 Å². The van der Waals surface area contributed by atoms with Crippen molar-refractivity contribution in [3.8, 4) is 11.1 Å². The highest BCUT2D eigenvalue weighted by molar-refractivity contribution is 6.00. The summed E-state index contributed by atoms with van der Waals surface area (Å²) in [6.45, 7) is 4.21. The molecule has 1 amide bonds. The first-order valence-corrected chi connectivity index (χ1v) is 7.36. The molecule has 0 aliphatic rings. The van der Waals surface area contributed by atoms with Crippen molar-refractivity contribution in [1.82, 2.24) is 10.3 Å². The lowest BCUT2D eigenvalue weighted by Crippen LogP contribution is -2.29. The summed E-state index contributed by atoms with van der Waals surface area (Å²) >= 11 is 0. The molecule has 0 radical (unpaired) electrons. The van der Waals surface area contributed by atoms with Crippen LogP contribution in [0.25, 0.3) is 11.1 Å². The fourth-order valence-corrected chi connectivity index (χ4v) is 2.45. The second kappa shape index (κ2) is 7.22. The lowest BCUT2D eigenvalue weighted by molar-refractivity contribution is 0.0940. The van der Waals surface area contributed by atoms with Crippen molar-refractivity contribution in [2.45, 2.75) is 26.4 Å². The zero-order valence-corrected chi connectivity index (χ0v) is 12.8. The zero-order chi connectivity index (χ0) is 16.1. The highest BCUT2D eigenvalue weighted by atomic mass is 19.1. The maximum absolute atomic E-state index is 13.0. The molecule has 2 atom stereocenters. The van der Waals surface area contributed by atoms with E-state index < -0.39 is 0 Å². The summed E-state index contributed by atoms with van der Waals surface area (Å²) in [6.07, 6.45) is 3.61. The third kappa shape index (κ3) is 4.18. The summed E-state index contributed by atoms with van der Waals surface area (Å²) in [6, 6.07) is 6.03. The summed E-state index contributed by atoms with van der Waals surface area (Å²) in [5.41, 5.74) is 2.04. The van der Waals surface area contributed by atoms with Gasteiger partial charge >= 0.3 is 0 Å². The third-order valence-corrected chi connectivity index (χ3v) is 3.50. The maximum atomic E-state index is 13.0. The summed E-state index contributed by atoms with van der Waals surface area (Å²) < 4.78 is 13.0. The van der Waals surface area contributed by atoms with Gasteiger partial charge in [0.05, 0.1) is 11.7 Å². The molecule has 0 saturated carbocycles. The van der Waals surface area contributed by atoms with Gasteiger partial charge in [0.1, 0.15) is 5.82 Å². The van der Waals surface area contributed by atoms with Crippen LogP contribution in [0.1, 0.15) is 30.6 Å². The predicted octanol–water partition coefficient (Wildman–Crippen LogP) is 2.96. The smallest absolute Gasteiger partial charge is 0.253 e. The van der Waals surface area contributed by atoms with E-state index in [2.05, 4.69) is 10.3 Å². The summed E-state index contributed by atoms with van der Waals surface area (Å²) in [5, 5.41) is 12.2. The van der Waals surface area contributed by atoms with E-state index in [1.807, 2.05) is 6.92 Å².